The van der Waals surface area contributed by atoms with E-state index in [1.807, 2.05) is 6.20 Å². The Kier molecular flexibility index (Phi) is 4.21. The Bertz CT molecular complexity index is 364. The Labute approximate surface area is 114 Å². The van der Waals surface area contributed by atoms with Crippen LogP contribution in [0.4, 0.5) is 0 Å². The van der Waals surface area contributed by atoms with Crippen LogP contribution in [-0.2, 0) is 4.74 Å². The lowest BCUT2D eigenvalue weighted by molar-refractivity contribution is 0.0843. The third-order valence-corrected chi connectivity index (χ3v) is 5.84. The van der Waals surface area contributed by atoms with Gasteiger partial charge in [-0.15, -0.1) is 0 Å². The highest BCUT2D eigenvalue weighted by Gasteiger charge is 2.21. The topological polar surface area (TPSA) is 22.1 Å². The Morgan fingerprint density at radius 2 is 1.80 bits per heavy atom. The number of rotatable bonds is 1. The molecule has 0 aromatic carbocycles. The van der Waals surface area contributed by atoms with Gasteiger partial charge in [0.1, 0.15) is 0 Å². The molecule has 1 aromatic heterocycles. The molecule has 2 heterocycles. The maximum absolute atomic E-state index is 5.35. The SMILES string of the molecule is Brc1cnc(C2CCOCC2)c(Br)c1Br. The lowest BCUT2D eigenvalue weighted by Crippen LogP contribution is -2.15. The van der Waals surface area contributed by atoms with Crippen molar-refractivity contribution < 1.29 is 4.74 Å². The molecule has 0 spiro atoms. The summed E-state index contributed by atoms with van der Waals surface area (Å²) in [7, 11) is 0. The van der Waals surface area contributed by atoms with Crippen LogP contribution >= 0.6 is 47.8 Å². The second kappa shape index (κ2) is 5.25. The van der Waals surface area contributed by atoms with E-state index in [1.165, 1.54) is 0 Å². The molecule has 0 bridgehead atoms. The van der Waals surface area contributed by atoms with E-state index in [0.29, 0.717) is 5.92 Å². The molecule has 1 aromatic rings. The maximum atomic E-state index is 5.35. The van der Waals surface area contributed by atoms with Gasteiger partial charge in [-0.2, -0.15) is 0 Å². The third-order valence-electron chi connectivity index (χ3n) is 2.55. The highest BCUT2D eigenvalue weighted by Crippen LogP contribution is 2.37. The molecular weight excluding hydrogens is 390 g/mol. The molecule has 5 heteroatoms. The van der Waals surface area contributed by atoms with Crippen molar-refractivity contribution in [2.45, 2.75) is 18.8 Å². The van der Waals surface area contributed by atoms with E-state index in [1.54, 1.807) is 0 Å². The van der Waals surface area contributed by atoms with Crippen molar-refractivity contribution in [2.75, 3.05) is 13.2 Å². The molecule has 82 valence electrons. The fourth-order valence-electron chi connectivity index (χ4n) is 1.71. The summed E-state index contributed by atoms with van der Waals surface area (Å²) in [6, 6.07) is 0. The van der Waals surface area contributed by atoms with Crippen molar-refractivity contribution in [3.05, 3.63) is 25.3 Å². The van der Waals surface area contributed by atoms with Crippen LogP contribution in [0.25, 0.3) is 0 Å². The van der Waals surface area contributed by atoms with Crippen LogP contribution in [0.5, 0.6) is 0 Å². The molecule has 2 nitrogen and oxygen atoms in total. The van der Waals surface area contributed by atoms with Gasteiger partial charge in [-0.3, -0.25) is 4.98 Å². The van der Waals surface area contributed by atoms with Crippen LogP contribution < -0.4 is 0 Å². The van der Waals surface area contributed by atoms with Gasteiger partial charge in [0.15, 0.2) is 0 Å². The predicted octanol–water partition coefficient (Wildman–Crippen LogP) is 4.26. The van der Waals surface area contributed by atoms with Gasteiger partial charge in [0.2, 0.25) is 0 Å². The van der Waals surface area contributed by atoms with Crippen molar-refractivity contribution in [1.82, 2.24) is 4.98 Å². The summed E-state index contributed by atoms with van der Waals surface area (Å²) in [4.78, 5) is 4.48. The summed E-state index contributed by atoms with van der Waals surface area (Å²) in [6.07, 6.45) is 3.96. The highest BCUT2D eigenvalue weighted by atomic mass is 79.9. The van der Waals surface area contributed by atoms with Crippen LogP contribution in [0.2, 0.25) is 0 Å². The fourth-order valence-corrected chi connectivity index (χ4v) is 3.22. The smallest absolute Gasteiger partial charge is 0.0590 e. The second-order valence-electron chi connectivity index (χ2n) is 3.51. The molecule has 0 amide bonds. The average Bonchev–Trinajstić information content (AvgIpc) is 2.27. The largest absolute Gasteiger partial charge is 0.381 e. The summed E-state index contributed by atoms with van der Waals surface area (Å²) in [6.45, 7) is 1.68. The van der Waals surface area contributed by atoms with Gasteiger partial charge in [-0.1, -0.05) is 0 Å². The van der Waals surface area contributed by atoms with Crippen molar-refractivity contribution in [1.29, 1.82) is 0 Å². The van der Waals surface area contributed by atoms with Gasteiger partial charge in [-0.05, 0) is 60.6 Å². The number of hydrogen-bond donors (Lipinski definition) is 0. The molecule has 1 aliphatic heterocycles. The summed E-state index contributed by atoms with van der Waals surface area (Å²) in [5.74, 6) is 0.512. The lowest BCUT2D eigenvalue weighted by atomic mass is 9.96. The fraction of sp³-hybridized carbons (Fsp3) is 0.500. The van der Waals surface area contributed by atoms with Crippen molar-refractivity contribution in [3.8, 4) is 0 Å². The number of nitrogens with zero attached hydrogens (tertiary/aromatic N) is 1. The Morgan fingerprint density at radius 1 is 1.13 bits per heavy atom. The van der Waals surface area contributed by atoms with E-state index in [0.717, 1.165) is 45.2 Å². The Balaban J connectivity index is 2.31. The van der Waals surface area contributed by atoms with Crippen LogP contribution in [-0.4, -0.2) is 18.2 Å². The second-order valence-corrected chi connectivity index (χ2v) is 5.95. The molecule has 0 aliphatic carbocycles. The molecule has 0 saturated carbocycles. The van der Waals surface area contributed by atoms with Gasteiger partial charge < -0.3 is 4.74 Å². The first-order valence-electron chi connectivity index (χ1n) is 4.77. The minimum absolute atomic E-state index is 0.512. The van der Waals surface area contributed by atoms with Crippen molar-refractivity contribution >= 4 is 47.8 Å². The van der Waals surface area contributed by atoms with Gasteiger partial charge >= 0.3 is 0 Å². The maximum Gasteiger partial charge on any atom is 0.0590 e. The predicted molar refractivity (Wildman–Crippen MR) is 70.1 cm³/mol. The quantitative estimate of drug-likeness (QED) is 0.703. The van der Waals surface area contributed by atoms with E-state index in [4.69, 9.17) is 4.74 Å². The third kappa shape index (κ3) is 2.62. The number of hydrogen-bond acceptors (Lipinski definition) is 2. The molecule has 1 saturated heterocycles. The Morgan fingerprint density at radius 3 is 2.47 bits per heavy atom. The number of pyridine rings is 1. The lowest BCUT2D eigenvalue weighted by Gasteiger charge is -2.22. The van der Waals surface area contributed by atoms with Gasteiger partial charge in [0.25, 0.3) is 0 Å². The highest BCUT2D eigenvalue weighted by molar-refractivity contribution is 9.14. The average molecular weight is 400 g/mol. The van der Waals surface area contributed by atoms with Crippen molar-refractivity contribution in [3.63, 3.8) is 0 Å². The van der Waals surface area contributed by atoms with E-state index in [2.05, 4.69) is 52.8 Å². The number of halogens is 3. The standard InChI is InChI=1S/C10H10Br3NO/c11-7-5-14-10(9(13)8(7)12)6-1-3-15-4-2-6/h5-6H,1-4H2. The van der Waals surface area contributed by atoms with E-state index in [9.17, 15) is 0 Å². The zero-order chi connectivity index (χ0) is 10.8. The molecule has 1 aliphatic rings. The first-order chi connectivity index (χ1) is 7.20. The van der Waals surface area contributed by atoms with E-state index in [-0.39, 0.29) is 0 Å². The van der Waals surface area contributed by atoms with Crippen LogP contribution in [0.1, 0.15) is 24.5 Å². The molecule has 0 N–H and O–H groups in total. The normalized spacial score (nSPS) is 18.1. The molecule has 0 unspecified atom stereocenters. The summed E-state index contributed by atoms with van der Waals surface area (Å²) < 4.78 is 8.43. The monoisotopic (exact) mass is 397 g/mol. The molecule has 0 atom stereocenters. The van der Waals surface area contributed by atoms with Crippen molar-refractivity contribution in [2.24, 2.45) is 0 Å². The van der Waals surface area contributed by atoms with Gasteiger partial charge in [0.05, 0.1) is 14.6 Å². The zero-order valence-electron chi connectivity index (χ0n) is 7.97. The van der Waals surface area contributed by atoms with Crippen LogP contribution in [0, 0.1) is 0 Å². The van der Waals surface area contributed by atoms with Crippen LogP contribution in [0.15, 0.2) is 19.6 Å². The van der Waals surface area contributed by atoms with E-state index >= 15 is 0 Å². The molecule has 0 radical (unpaired) electrons. The first kappa shape index (κ1) is 12.0. The number of ether oxygens (including phenoxy) is 1. The van der Waals surface area contributed by atoms with Gasteiger partial charge in [0, 0.05) is 29.8 Å². The molecule has 1 fully saturated rings. The summed E-state index contributed by atoms with van der Waals surface area (Å²) in [5.41, 5.74) is 1.13. The van der Waals surface area contributed by atoms with Gasteiger partial charge in [-0.25, -0.2) is 0 Å². The molecule has 2 rings (SSSR count). The van der Waals surface area contributed by atoms with Crippen LogP contribution in [0.3, 0.4) is 0 Å². The molecule has 15 heavy (non-hydrogen) atoms. The first-order valence-corrected chi connectivity index (χ1v) is 7.15. The summed E-state index contributed by atoms with van der Waals surface area (Å²) >= 11 is 10.6. The minimum atomic E-state index is 0.512. The number of aromatic nitrogens is 1. The Hall–Kier alpha value is 0.550. The summed E-state index contributed by atoms with van der Waals surface area (Å²) in [5, 5.41) is 0. The minimum Gasteiger partial charge on any atom is -0.381 e. The molecular formula is C10H10Br3NO. The van der Waals surface area contributed by atoms with E-state index < -0.39 is 0 Å². The zero-order valence-corrected chi connectivity index (χ0v) is 12.7.